The monoisotopic (exact) mass is 406 g/mol. The molecule has 4 N–H and O–H groups in total. The lowest BCUT2D eigenvalue weighted by Crippen LogP contribution is -2.36. The number of ether oxygens (including phenoxy) is 2. The molecule has 30 heavy (non-hydrogen) atoms. The van der Waals surface area contributed by atoms with Crippen molar-refractivity contribution in [2.75, 3.05) is 12.8 Å². The summed E-state index contributed by atoms with van der Waals surface area (Å²) in [6.07, 6.45) is 12.0. The quantitative estimate of drug-likeness (QED) is 0.754. The fraction of sp³-hybridized carbons (Fsp3) is 0.500. The summed E-state index contributed by atoms with van der Waals surface area (Å²) in [7, 11) is 1.69. The minimum Gasteiger partial charge on any atom is -0.493 e. The van der Waals surface area contributed by atoms with Crippen molar-refractivity contribution in [3.8, 4) is 23.3 Å². The van der Waals surface area contributed by atoms with Crippen LogP contribution in [0, 0.1) is 11.8 Å². The molecule has 1 aromatic carbocycles. The Morgan fingerprint density at radius 2 is 1.73 bits per heavy atom. The van der Waals surface area contributed by atoms with Crippen LogP contribution in [0.2, 0.25) is 0 Å². The van der Waals surface area contributed by atoms with Gasteiger partial charge in [-0.25, -0.2) is 9.97 Å². The predicted octanol–water partition coefficient (Wildman–Crippen LogP) is 3.58. The maximum atomic E-state index is 6.34. The third-order valence-electron chi connectivity index (χ3n) is 6.31. The molecule has 2 aromatic rings. The second-order valence-electron chi connectivity index (χ2n) is 8.39. The molecule has 2 aliphatic carbocycles. The highest BCUT2D eigenvalue weighted by molar-refractivity contribution is 5.49. The van der Waals surface area contributed by atoms with Crippen LogP contribution in [0.3, 0.4) is 0 Å². The molecule has 6 heteroatoms. The molecule has 0 unspecified atom stereocenters. The van der Waals surface area contributed by atoms with Crippen LogP contribution in [0.5, 0.6) is 11.5 Å². The molecule has 4 rings (SSSR count). The van der Waals surface area contributed by atoms with E-state index in [0.717, 1.165) is 61.2 Å². The zero-order chi connectivity index (χ0) is 21.0. The first kappa shape index (κ1) is 20.5. The normalized spacial score (nSPS) is 24.1. The van der Waals surface area contributed by atoms with Crippen LogP contribution < -0.4 is 20.9 Å². The Bertz CT molecular complexity index is 918. The number of benzene rings is 1. The SMILES string of the molecule is COc1ccc(C2(C#Cc3cnc(N)nc3)CCC(N)CC2)cc1OC1CCCC1. The van der Waals surface area contributed by atoms with Crippen molar-refractivity contribution in [1.82, 2.24) is 9.97 Å². The first-order chi connectivity index (χ1) is 14.6. The van der Waals surface area contributed by atoms with Gasteiger partial charge in [-0.15, -0.1) is 0 Å². The highest BCUT2D eigenvalue weighted by Crippen LogP contribution is 2.42. The molecule has 158 valence electrons. The van der Waals surface area contributed by atoms with Crippen molar-refractivity contribution < 1.29 is 9.47 Å². The number of rotatable bonds is 4. The van der Waals surface area contributed by atoms with E-state index >= 15 is 0 Å². The minimum atomic E-state index is -0.280. The fourth-order valence-corrected chi connectivity index (χ4v) is 4.47. The molecule has 0 atom stereocenters. The summed E-state index contributed by atoms with van der Waals surface area (Å²) in [6.45, 7) is 0. The molecule has 0 bridgehead atoms. The summed E-state index contributed by atoms with van der Waals surface area (Å²) < 4.78 is 11.9. The van der Waals surface area contributed by atoms with Crippen molar-refractivity contribution in [1.29, 1.82) is 0 Å². The summed E-state index contributed by atoms with van der Waals surface area (Å²) in [5, 5.41) is 0. The van der Waals surface area contributed by atoms with Gasteiger partial charge in [0.05, 0.1) is 24.2 Å². The van der Waals surface area contributed by atoms with Gasteiger partial charge >= 0.3 is 0 Å². The molecule has 2 aliphatic rings. The van der Waals surface area contributed by atoms with E-state index < -0.39 is 0 Å². The topological polar surface area (TPSA) is 96.3 Å². The zero-order valence-electron chi connectivity index (χ0n) is 17.6. The van der Waals surface area contributed by atoms with Crippen molar-refractivity contribution in [3.05, 3.63) is 41.7 Å². The smallest absolute Gasteiger partial charge is 0.219 e. The van der Waals surface area contributed by atoms with Gasteiger partial charge in [0.2, 0.25) is 5.95 Å². The molecule has 0 saturated heterocycles. The Labute approximate surface area is 178 Å². The summed E-state index contributed by atoms with van der Waals surface area (Å²) in [5.74, 6) is 8.65. The third-order valence-corrected chi connectivity index (χ3v) is 6.31. The highest BCUT2D eigenvalue weighted by atomic mass is 16.5. The van der Waals surface area contributed by atoms with E-state index in [4.69, 9.17) is 20.9 Å². The van der Waals surface area contributed by atoms with E-state index in [0.29, 0.717) is 0 Å². The first-order valence-corrected chi connectivity index (χ1v) is 10.8. The summed E-state index contributed by atoms with van der Waals surface area (Å²) >= 11 is 0. The molecular formula is C24H30N4O2. The number of methoxy groups -OCH3 is 1. The minimum absolute atomic E-state index is 0.229. The molecule has 1 heterocycles. The van der Waals surface area contributed by atoms with Gasteiger partial charge in [-0.05, 0) is 69.1 Å². The maximum Gasteiger partial charge on any atom is 0.219 e. The summed E-state index contributed by atoms with van der Waals surface area (Å²) in [5.41, 5.74) is 13.5. The number of hydrogen-bond acceptors (Lipinski definition) is 6. The van der Waals surface area contributed by atoms with Crippen LogP contribution in [0.15, 0.2) is 30.6 Å². The van der Waals surface area contributed by atoms with Crippen molar-refractivity contribution in [3.63, 3.8) is 0 Å². The van der Waals surface area contributed by atoms with E-state index in [1.807, 2.05) is 6.07 Å². The average Bonchev–Trinajstić information content (AvgIpc) is 3.28. The van der Waals surface area contributed by atoms with Gasteiger partial charge in [-0.3, -0.25) is 0 Å². The van der Waals surface area contributed by atoms with E-state index in [-0.39, 0.29) is 23.5 Å². The Hall–Kier alpha value is -2.78. The predicted molar refractivity (Wildman–Crippen MR) is 117 cm³/mol. The summed E-state index contributed by atoms with van der Waals surface area (Å²) in [4.78, 5) is 8.10. The van der Waals surface area contributed by atoms with Crippen LogP contribution in [0.25, 0.3) is 0 Å². The van der Waals surface area contributed by atoms with Gasteiger partial charge in [0.1, 0.15) is 0 Å². The largest absolute Gasteiger partial charge is 0.493 e. The van der Waals surface area contributed by atoms with Gasteiger partial charge in [-0.2, -0.15) is 0 Å². The maximum absolute atomic E-state index is 6.34. The van der Waals surface area contributed by atoms with Crippen molar-refractivity contribution in [2.24, 2.45) is 5.73 Å². The molecule has 0 amide bonds. The Morgan fingerprint density at radius 1 is 1.03 bits per heavy atom. The van der Waals surface area contributed by atoms with Crippen LogP contribution >= 0.6 is 0 Å². The lowest BCUT2D eigenvalue weighted by Gasteiger charge is -2.36. The number of anilines is 1. The van der Waals surface area contributed by atoms with Crippen molar-refractivity contribution in [2.45, 2.75) is 68.9 Å². The van der Waals surface area contributed by atoms with E-state index in [1.54, 1.807) is 19.5 Å². The molecule has 2 fully saturated rings. The first-order valence-electron chi connectivity index (χ1n) is 10.8. The van der Waals surface area contributed by atoms with Gasteiger partial charge in [0, 0.05) is 18.4 Å². The van der Waals surface area contributed by atoms with E-state index in [9.17, 15) is 0 Å². The lowest BCUT2D eigenvalue weighted by molar-refractivity contribution is 0.200. The number of aromatic nitrogens is 2. The Balaban J connectivity index is 1.69. The van der Waals surface area contributed by atoms with Gasteiger partial charge < -0.3 is 20.9 Å². The van der Waals surface area contributed by atoms with E-state index in [1.165, 1.54) is 12.8 Å². The van der Waals surface area contributed by atoms with Crippen molar-refractivity contribution >= 4 is 5.95 Å². The number of nitrogen functional groups attached to an aromatic ring is 1. The number of nitrogens with zero attached hydrogens (tertiary/aromatic N) is 2. The third kappa shape index (κ3) is 4.52. The lowest BCUT2D eigenvalue weighted by atomic mass is 9.68. The molecule has 2 saturated carbocycles. The molecule has 1 aromatic heterocycles. The van der Waals surface area contributed by atoms with Gasteiger partial charge in [0.25, 0.3) is 0 Å². The second-order valence-corrected chi connectivity index (χ2v) is 8.39. The van der Waals surface area contributed by atoms with E-state index in [2.05, 4.69) is 33.9 Å². The Kier molecular flexibility index (Phi) is 6.10. The van der Waals surface area contributed by atoms with Crippen LogP contribution in [-0.4, -0.2) is 29.2 Å². The standard InChI is InChI=1S/C24H30N4O2/c1-29-21-7-6-18(14-22(21)30-20-4-2-3-5-20)24(12-9-19(25)10-13-24)11-8-17-15-27-23(26)28-16-17/h6-7,14-16,19-20H,2-5,9-10,12-13,25H2,1H3,(H2,26,27,28). The zero-order valence-corrected chi connectivity index (χ0v) is 17.6. The van der Waals surface area contributed by atoms with Crippen LogP contribution in [0.1, 0.15) is 62.5 Å². The van der Waals surface area contributed by atoms with Crippen LogP contribution in [0.4, 0.5) is 5.95 Å². The summed E-state index contributed by atoms with van der Waals surface area (Å²) in [6, 6.07) is 6.48. The molecule has 0 aliphatic heterocycles. The Morgan fingerprint density at radius 3 is 2.40 bits per heavy atom. The second kappa shape index (κ2) is 8.93. The highest BCUT2D eigenvalue weighted by Gasteiger charge is 2.35. The molecular weight excluding hydrogens is 376 g/mol. The van der Waals surface area contributed by atoms with Crippen LogP contribution in [-0.2, 0) is 5.41 Å². The van der Waals surface area contributed by atoms with Gasteiger partial charge in [0.15, 0.2) is 11.5 Å². The fourth-order valence-electron chi connectivity index (χ4n) is 4.47. The number of nitrogens with two attached hydrogens (primary N) is 2. The molecule has 6 nitrogen and oxygen atoms in total. The average molecular weight is 407 g/mol. The number of hydrogen-bond donors (Lipinski definition) is 2. The van der Waals surface area contributed by atoms with Gasteiger partial charge in [-0.1, -0.05) is 17.9 Å². The molecule has 0 radical (unpaired) electrons. The molecule has 0 spiro atoms.